The van der Waals surface area contributed by atoms with Crippen LogP contribution in [0.3, 0.4) is 0 Å². The average Bonchev–Trinajstić information content (AvgIpc) is 2.79. The normalized spacial score (nSPS) is 11.1. The van der Waals surface area contributed by atoms with Crippen molar-refractivity contribution in [1.29, 1.82) is 0 Å². The van der Waals surface area contributed by atoms with Crippen LogP contribution in [0.5, 0.6) is 0 Å². The van der Waals surface area contributed by atoms with Crippen molar-refractivity contribution < 1.29 is 9.18 Å². The molecule has 4 aromatic carbocycles. The van der Waals surface area contributed by atoms with E-state index in [1.165, 1.54) is 12.1 Å². The number of hydrogen-bond donors (Lipinski definition) is 0. The highest BCUT2D eigenvalue weighted by Gasteiger charge is 2.29. The molecule has 142 valence electrons. The van der Waals surface area contributed by atoms with Crippen LogP contribution < -0.4 is 15.9 Å². The first-order chi connectivity index (χ1) is 14.2. The molecule has 0 bridgehead atoms. The first kappa shape index (κ1) is 19.0. The van der Waals surface area contributed by atoms with Gasteiger partial charge in [-0.25, -0.2) is 9.14 Å². The molecule has 0 aliphatic rings. The van der Waals surface area contributed by atoms with Gasteiger partial charge in [-0.15, -0.1) is 0 Å². The second-order valence-corrected chi connectivity index (χ2v) is 9.55. The van der Waals surface area contributed by atoms with Crippen LogP contribution in [0.2, 0.25) is 0 Å². The van der Waals surface area contributed by atoms with E-state index in [0.29, 0.717) is 0 Å². The second-order valence-electron chi connectivity index (χ2n) is 6.53. The van der Waals surface area contributed by atoms with Crippen molar-refractivity contribution >= 4 is 28.9 Å². The Hall–Kier alpha value is -3.29. The van der Waals surface area contributed by atoms with Crippen molar-refractivity contribution in [2.75, 3.05) is 0 Å². The minimum atomic E-state index is -2.69. The first-order valence-electron chi connectivity index (χ1n) is 9.30. The zero-order valence-electron chi connectivity index (χ0n) is 15.7. The molecule has 4 rings (SSSR count). The third-order valence-electron chi connectivity index (χ3n) is 4.73. The lowest BCUT2D eigenvalue weighted by Gasteiger charge is -2.26. The predicted octanol–water partition coefficient (Wildman–Crippen LogP) is 5.14. The molecule has 0 fully saturated rings. The molecular weight excluding hydrogens is 380 g/mol. The van der Waals surface area contributed by atoms with Crippen LogP contribution in [-0.4, -0.2) is 5.91 Å². The minimum Gasteiger partial charge on any atom is -0.267 e. The highest BCUT2D eigenvalue weighted by Crippen LogP contribution is 2.46. The van der Waals surface area contributed by atoms with E-state index in [-0.39, 0.29) is 5.56 Å². The van der Waals surface area contributed by atoms with Crippen molar-refractivity contribution in [3.8, 4) is 0 Å². The maximum atomic E-state index is 14.4. The Labute approximate surface area is 169 Å². The molecule has 0 spiro atoms. The molecular formula is C25H19FNOP. The summed E-state index contributed by atoms with van der Waals surface area (Å²) in [5.74, 6) is -1.11. The Morgan fingerprint density at radius 3 is 1.38 bits per heavy atom. The van der Waals surface area contributed by atoms with Gasteiger partial charge in [0.15, 0.2) is 0 Å². The maximum absolute atomic E-state index is 14.4. The van der Waals surface area contributed by atoms with Gasteiger partial charge in [-0.2, -0.15) is 0 Å². The fourth-order valence-corrected chi connectivity index (χ4v) is 6.81. The smallest absolute Gasteiger partial charge is 0.267 e. The lowest BCUT2D eigenvalue weighted by atomic mass is 10.2. The number of carbonyl (C=O) groups excluding carboxylic acids is 1. The molecule has 2 nitrogen and oxygen atoms in total. The molecule has 4 heteroatoms. The van der Waals surface area contributed by atoms with E-state index in [1.807, 2.05) is 91.0 Å². The fourth-order valence-electron chi connectivity index (χ4n) is 3.38. The summed E-state index contributed by atoms with van der Waals surface area (Å²) in [6.07, 6.45) is 0. The van der Waals surface area contributed by atoms with Crippen molar-refractivity contribution in [1.82, 2.24) is 0 Å². The van der Waals surface area contributed by atoms with E-state index in [4.69, 9.17) is 4.74 Å². The number of benzene rings is 4. The first-order valence-corrected chi connectivity index (χ1v) is 11.0. The molecule has 0 radical (unpaired) electrons. The van der Waals surface area contributed by atoms with E-state index in [0.717, 1.165) is 15.9 Å². The number of rotatable bonds is 4. The van der Waals surface area contributed by atoms with Crippen LogP contribution in [-0.2, 0) is 0 Å². The summed E-state index contributed by atoms with van der Waals surface area (Å²) in [7, 11) is -2.69. The van der Waals surface area contributed by atoms with Crippen LogP contribution in [0.1, 0.15) is 10.4 Å². The van der Waals surface area contributed by atoms with Gasteiger partial charge < -0.3 is 0 Å². The van der Waals surface area contributed by atoms with Crippen LogP contribution >= 0.6 is 7.05 Å². The molecule has 0 heterocycles. The van der Waals surface area contributed by atoms with Crippen molar-refractivity contribution in [3.05, 3.63) is 127 Å². The zero-order valence-corrected chi connectivity index (χ0v) is 16.5. The summed E-state index contributed by atoms with van der Waals surface area (Å²) in [5.41, 5.74) is -0.0142. The molecule has 0 aliphatic heterocycles. The fraction of sp³-hybridized carbons (Fsp3) is 0. The molecule has 0 saturated carbocycles. The number of nitrogens with zero attached hydrogens (tertiary/aromatic N) is 1. The minimum absolute atomic E-state index is 0.0142. The van der Waals surface area contributed by atoms with Gasteiger partial charge in [0.25, 0.3) is 5.91 Å². The summed E-state index contributed by atoms with van der Waals surface area (Å²) in [4.78, 5) is 13.2. The summed E-state index contributed by atoms with van der Waals surface area (Å²) in [5, 5.41) is 2.84. The quantitative estimate of drug-likeness (QED) is 0.437. The van der Waals surface area contributed by atoms with Gasteiger partial charge >= 0.3 is 0 Å². The monoisotopic (exact) mass is 399 g/mol. The number of amides is 1. The SMILES string of the molecule is O=C(N=P(c1ccccc1)(c1ccccc1)c1ccccc1)c1ccccc1F. The lowest BCUT2D eigenvalue weighted by Crippen LogP contribution is -2.26. The Bertz CT molecular complexity index is 1070. The van der Waals surface area contributed by atoms with E-state index < -0.39 is 18.8 Å². The number of hydrogen-bond acceptors (Lipinski definition) is 1. The predicted molar refractivity (Wildman–Crippen MR) is 118 cm³/mol. The third kappa shape index (κ3) is 3.70. The standard InChI is InChI=1S/C25H19FNOP/c26-24-19-11-10-18-23(24)25(28)27-29(20-12-4-1-5-13-20,21-14-6-2-7-15-21)22-16-8-3-9-17-22/h1-19H. The molecule has 0 N–H and O–H groups in total. The molecule has 29 heavy (non-hydrogen) atoms. The largest absolute Gasteiger partial charge is 0.279 e. The molecule has 0 aliphatic carbocycles. The van der Waals surface area contributed by atoms with Crippen LogP contribution in [0.4, 0.5) is 4.39 Å². The van der Waals surface area contributed by atoms with Gasteiger partial charge in [-0.05, 0) is 12.1 Å². The van der Waals surface area contributed by atoms with Gasteiger partial charge in [0.05, 0.1) is 12.6 Å². The van der Waals surface area contributed by atoms with Gasteiger partial charge in [-0.3, -0.25) is 4.79 Å². The van der Waals surface area contributed by atoms with Gasteiger partial charge in [-0.1, -0.05) is 103 Å². The van der Waals surface area contributed by atoms with E-state index in [2.05, 4.69) is 0 Å². The van der Waals surface area contributed by atoms with E-state index in [1.54, 1.807) is 12.1 Å². The molecule has 4 aromatic rings. The summed E-state index contributed by atoms with van der Waals surface area (Å²) < 4.78 is 19.1. The second kappa shape index (κ2) is 8.38. The van der Waals surface area contributed by atoms with Crippen molar-refractivity contribution in [3.63, 3.8) is 0 Å². The molecule has 0 aromatic heterocycles. The molecule has 1 amide bonds. The maximum Gasteiger partial charge on any atom is 0.279 e. The lowest BCUT2D eigenvalue weighted by molar-refractivity contribution is 0.100. The van der Waals surface area contributed by atoms with E-state index >= 15 is 0 Å². The van der Waals surface area contributed by atoms with Gasteiger partial charge in [0.1, 0.15) is 5.82 Å². The summed E-state index contributed by atoms with van der Waals surface area (Å²) in [6.45, 7) is 0. The molecule has 0 saturated heterocycles. The molecule has 0 unspecified atom stereocenters. The summed E-state index contributed by atoms with van der Waals surface area (Å²) in [6, 6.07) is 35.4. The van der Waals surface area contributed by atoms with Gasteiger partial charge in [0.2, 0.25) is 0 Å². The van der Waals surface area contributed by atoms with Crippen molar-refractivity contribution in [2.45, 2.75) is 0 Å². The van der Waals surface area contributed by atoms with Crippen molar-refractivity contribution in [2.24, 2.45) is 4.74 Å². The van der Waals surface area contributed by atoms with Crippen LogP contribution in [0, 0.1) is 5.82 Å². The number of halogens is 1. The van der Waals surface area contributed by atoms with E-state index in [9.17, 15) is 9.18 Å². The van der Waals surface area contributed by atoms with Crippen LogP contribution in [0.25, 0.3) is 0 Å². The Balaban J connectivity index is 2.09. The average molecular weight is 399 g/mol. The third-order valence-corrected chi connectivity index (χ3v) is 8.35. The topological polar surface area (TPSA) is 29.4 Å². The van der Waals surface area contributed by atoms with Crippen LogP contribution in [0.15, 0.2) is 120 Å². The highest BCUT2D eigenvalue weighted by molar-refractivity contribution is 7.87. The van der Waals surface area contributed by atoms with Gasteiger partial charge in [0, 0.05) is 15.9 Å². The number of carbonyl (C=O) groups is 1. The molecule has 0 atom stereocenters. The highest BCUT2D eigenvalue weighted by atomic mass is 31.2. The zero-order chi connectivity index (χ0) is 20.1. The Morgan fingerprint density at radius 2 is 0.966 bits per heavy atom. The summed E-state index contributed by atoms with van der Waals surface area (Å²) >= 11 is 0. The Morgan fingerprint density at radius 1 is 0.586 bits per heavy atom. The Kier molecular flexibility index (Phi) is 5.50.